The van der Waals surface area contributed by atoms with Crippen LogP contribution in [0.5, 0.6) is 0 Å². The summed E-state index contributed by atoms with van der Waals surface area (Å²) in [4.78, 5) is 24.6. The first-order valence-electron chi connectivity index (χ1n) is 9.33. The first kappa shape index (κ1) is 18.5. The monoisotopic (exact) mass is 346 g/mol. The number of fused-ring (bicyclic) bond motifs is 3. The number of carbonyl (C=O) groups excluding carboxylic acids is 2. The Morgan fingerprint density at radius 1 is 1.36 bits per heavy atom. The molecule has 1 fully saturated rings. The Bertz CT molecular complexity index is 659. The van der Waals surface area contributed by atoms with Crippen molar-refractivity contribution in [3.8, 4) is 0 Å². The topological polar surface area (TPSA) is 63.6 Å². The molecular formula is C21H30O4. The number of rotatable bonds is 3. The summed E-state index contributed by atoms with van der Waals surface area (Å²) in [5, 5.41) is 10.9. The van der Waals surface area contributed by atoms with Crippen LogP contribution in [0, 0.1) is 22.7 Å². The normalized spacial score (nSPS) is 41.3. The Morgan fingerprint density at radius 3 is 2.60 bits per heavy atom. The number of aldehydes is 1. The zero-order valence-corrected chi connectivity index (χ0v) is 16.0. The molecule has 0 aliphatic heterocycles. The number of aliphatic hydroxyl groups excluding tert-OH is 1. The molecule has 0 aromatic heterocycles. The molecule has 3 aliphatic rings. The fourth-order valence-corrected chi connectivity index (χ4v) is 5.38. The quantitative estimate of drug-likeness (QED) is 0.629. The van der Waals surface area contributed by atoms with Gasteiger partial charge in [0.05, 0.1) is 12.2 Å². The minimum Gasteiger partial charge on any atom is -0.388 e. The molecule has 0 aromatic rings. The van der Waals surface area contributed by atoms with Gasteiger partial charge in [-0.05, 0) is 44.1 Å². The van der Waals surface area contributed by atoms with Gasteiger partial charge in [0.1, 0.15) is 12.1 Å². The van der Waals surface area contributed by atoms with Crippen molar-refractivity contribution in [2.24, 2.45) is 22.7 Å². The van der Waals surface area contributed by atoms with Crippen molar-refractivity contribution in [3.63, 3.8) is 0 Å². The molecule has 1 saturated carbocycles. The fraction of sp³-hybridized carbons (Fsp3) is 0.714. The summed E-state index contributed by atoms with van der Waals surface area (Å²) in [5.74, 6) is 0.656. The van der Waals surface area contributed by atoms with E-state index in [-0.39, 0.29) is 17.8 Å². The van der Waals surface area contributed by atoms with E-state index in [0.717, 1.165) is 19.1 Å². The largest absolute Gasteiger partial charge is 0.388 e. The van der Waals surface area contributed by atoms with Crippen LogP contribution >= 0.6 is 0 Å². The zero-order chi connectivity index (χ0) is 18.6. The summed E-state index contributed by atoms with van der Waals surface area (Å²) in [7, 11) is 1.61. The molecule has 0 saturated heterocycles. The van der Waals surface area contributed by atoms with Crippen molar-refractivity contribution in [1.82, 2.24) is 0 Å². The van der Waals surface area contributed by atoms with Crippen LogP contribution in [-0.2, 0) is 14.3 Å². The highest BCUT2D eigenvalue weighted by Crippen LogP contribution is 2.61. The van der Waals surface area contributed by atoms with Crippen LogP contribution in [0.1, 0.15) is 53.4 Å². The van der Waals surface area contributed by atoms with Gasteiger partial charge in [0, 0.05) is 29.9 Å². The predicted molar refractivity (Wildman–Crippen MR) is 96.0 cm³/mol. The van der Waals surface area contributed by atoms with Gasteiger partial charge in [-0.2, -0.15) is 0 Å². The number of methoxy groups -OCH3 is 1. The van der Waals surface area contributed by atoms with Gasteiger partial charge in [-0.1, -0.05) is 31.9 Å². The second-order valence-corrected chi connectivity index (χ2v) is 8.77. The number of Topliss-reactive ketones (excluding diaryl/α,β-unsaturated/α-hetero) is 1. The molecule has 0 heterocycles. The van der Waals surface area contributed by atoms with Crippen LogP contribution in [0.4, 0.5) is 0 Å². The van der Waals surface area contributed by atoms with Crippen molar-refractivity contribution in [2.45, 2.75) is 65.6 Å². The third-order valence-electron chi connectivity index (χ3n) is 7.10. The Labute approximate surface area is 150 Å². The van der Waals surface area contributed by atoms with Gasteiger partial charge in [-0.3, -0.25) is 9.59 Å². The smallest absolute Gasteiger partial charge is 0.148 e. The molecule has 0 aromatic carbocycles. The zero-order valence-electron chi connectivity index (χ0n) is 16.0. The van der Waals surface area contributed by atoms with Crippen molar-refractivity contribution < 1.29 is 19.4 Å². The van der Waals surface area contributed by atoms with E-state index in [1.54, 1.807) is 13.2 Å². The Morgan fingerprint density at radius 2 is 2.04 bits per heavy atom. The number of carbonyl (C=O) groups is 2. The summed E-state index contributed by atoms with van der Waals surface area (Å²) >= 11 is 0. The Hall–Kier alpha value is -1.26. The van der Waals surface area contributed by atoms with E-state index in [2.05, 4.69) is 20.8 Å². The molecule has 5 atom stereocenters. The number of ether oxygens (including phenoxy) is 1. The van der Waals surface area contributed by atoms with E-state index in [4.69, 9.17) is 4.74 Å². The van der Waals surface area contributed by atoms with E-state index in [1.807, 2.05) is 6.92 Å². The van der Waals surface area contributed by atoms with E-state index < -0.39 is 16.9 Å². The van der Waals surface area contributed by atoms with Crippen LogP contribution in [0.15, 0.2) is 22.8 Å². The highest BCUT2D eigenvalue weighted by atomic mass is 16.5. The maximum atomic E-state index is 13.1. The van der Waals surface area contributed by atoms with Gasteiger partial charge in [0.15, 0.2) is 0 Å². The van der Waals surface area contributed by atoms with Crippen molar-refractivity contribution in [2.75, 3.05) is 7.11 Å². The van der Waals surface area contributed by atoms with E-state index in [0.29, 0.717) is 24.3 Å². The molecule has 0 amide bonds. The lowest BCUT2D eigenvalue weighted by atomic mass is 9.53. The molecule has 1 N–H and O–H groups in total. The first-order chi connectivity index (χ1) is 11.7. The maximum absolute atomic E-state index is 13.1. The van der Waals surface area contributed by atoms with E-state index >= 15 is 0 Å². The Balaban J connectivity index is 2.20. The number of hydrogen-bond donors (Lipinski definition) is 1. The summed E-state index contributed by atoms with van der Waals surface area (Å²) in [5.41, 5.74) is 2.07. The molecule has 4 heteroatoms. The minimum atomic E-state index is -0.826. The van der Waals surface area contributed by atoms with E-state index in [9.17, 15) is 14.7 Å². The third kappa shape index (κ3) is 2.57. The van der Waals surface area contributed by atoms with Gasteiger partial charge < -0.3 is 9.84 Å². The molecular weight excluding hydrogens is 316 g/mol. The van der Waals surface area contributed by atoms with Gasteiger partial charge in [-0.15, -0.1) is 0 Å². The molecule has 0 bridgehead atoms. The van der Waals surface area contributed by atoms with Crippen molar-refractivity contribution >= 4 is 12.1 Å². The highest BCUT2D eigenvalue weighted by Gasteiger charge is 2.59. The molecule has 1 unspecified atom stereocenters. The molecule has 0 radical (unpaired) electrons. The molecule has 0 spiro atoms. The number of ketones is 1. The van der Waals surface area contributed by atoms with E-state index in [1.165, 1.54) is 11.1 Å². The van der Waals surface area contributed by atoms with Gasteiger partial charge in [-0.25, -0.2) is 0 Å². The molecule has 138 valence electrons. The Kier molecular flexibility index (Phi) is 4.57. The fourth-order valence-electron chi connectivity index (χ4n) is 5.38. The average molecular weight is 346 g/mol. The second kappa shape index (κ2) is 6.17. The summed E-state index contributed by atoms with van der Waals surface area (Å²) < 4.78 is 5.60. The summed E-state index contributed by atoms with van der Waals surface area (Å²) in [6, 6.07) is 0. The van der Waals surface area contributed by atoms with Crippen LogP contribution < -0.4 is 0 Å². The maximum Gasteiger partial charge on any atom is 0.148 e. The second-order valence-electron chi connectivity index (χ2n) is 8.77. The number of hydrogen-bond acceptors (Lipinski definition) is 4. The molecule has 3 aliphatic carbocycles. The highest BCUT2D eigenvalue weighted by molar-refractivity contribution is 5.91. The first-order valence-corrected chi connectivity index (χ1v) is 9.33. The van der Waals surface area contributed by atoms with Crippen LogP contribution in [0.25, 0.3) is 0 Å². The minimum absolute atomic E-state index is 0.0451. The lowest BCUT2D eigenvalue weighted by Gasteiger charge is -2.50. The lowest BCUT2D eigenvalue weighted by molar-refractivity contribution is -0.136. The van der Waals surface area contributed by atoms with Gasteiger partial charge >= 0.3 is 0 Å². The lowest BCUT2D eigenvalue weighted by Crippen LogP contribution is -2.51. The molecule has 25 heavy (non-hydrogen) atoms. The van der Waals surface area contributed by atoms with Crippen LogP contribution in [-0.4, -0.2) is 36.5 Å². The van der Waals surface area contributed by atoms with Crippen LogP contribution in [0.2, 0.25) is 0 Å². The third-order valence-corrected chi connectivity index (χ3v) is 7.10. The predicted octanol–water partition coefficient (Wildman–Crippen LogP) is 3.24. The number of aliphatic hydroxyl groups is 1. The average Bonchev–Trinajstić information content (AvgIpc) is 2.87. The standard InChI is InChI=1S/C21H30O4/c1-12(2)14-6-7-20(3)18(24)10-21(4)15(19(14)20)9-16(25-5)13(11-22)8-17(21)23/h8,11-12,15-17,23H,6-7,9-10H2,1-5H3/t15?,16-,17+,20-,21-/m1/s1. The van der Waals surface area contributed by atoms with Gasteiger partial charge in [0.25, 0.3) is 0 Å². The number of allylic oxidation sites excluding steroid dienone is 2. The SMILES string of the molecule is CO[C@@H]1CC2C3=C(C(C)C)CC[C@]3(C)C(=O)C[C@@]2(C)[C@@H](O)C=C1C=O. The van der Waals surface area contributed by atoms with Crippen LogP contribution in [0.3, 0.4) is 0 Å². The molecule has 4 nitrogen and oxygen atoms in total. The van der Waals surface area contributed by atoms with Crippen molar-refractivity contribution in [1.29, 1.82) is 0 Å². The summed E-state index contributed by atoms with van der Waals surface area (Å²) in [6.07, 6.45) is 4.04. The molecule has 3 rings (SSSR count). The van der Waals surface area contributed by atoms with Gasteiger partial charge in [0.2, 0.25) is 0 Å². The summed E-state index contributed by atoms with van der Waals surface area (Å²) in [6.45, 7) is 8.44. The van der Waals surface area contributed by atoms with Crippen molar-refractivity contribution in [3.05, 3.63) is 22.8 Å².